The molecule has 0 amide bonds. The molecule has 5 heterocycles. The van der Waals surface area contributed by atoms with E-state index in [9.17, 15) is 4.79 Å². The van der Waals surface area contributed by atoms with Crippen molar-refractivity contribution in [2.75, 3.05) is 31.1 Å². The second-order valence-corrected chi connectivity index (χ2v) is 9.93. The summed E-state index contributed by atoms with van der Waals surface area (Å²) in [6, 6.07) is 7.61. The van der Waals surface area contributed by atoms with E-state index in [1.807, 2.05) is 24.3 Å². The number of ketones is 1. The van der Waals surface area contributed by atoms with Crippen LogP contribution in [-0.4, -0.2) is 57.1 Å². The number of piperazine rings is 1. The molecule has 176 valence electrons. The summed E-state index contributed by atoms with van der Waals surface area (Å²) in [4.78, 5) is 23.0. The van der Waals surface area contributed by atoms with Crippen LogP contribution in [-0.2, 0) is 4.79 Å². The molecule has 1 saturated carbocycles. The van der Waals surface area contributed by atoms with E-state index in [0.717, 1.165) is 48.5 Å². The van der Waals surface area contributed by atoms with Crippen LogP contribution >= 0.6 is 0 Å². The number of nitrogens with zero attached hydrogens (tertiary/aromatic N) is 5. The Balaban J connectivity index is 1.31. The van der Waals surface area contributed by atoms with Crippen LogP contribution in [0.1, 0.15) is 33.1 Å². The summed E-state index contributed by atoms with van der Waals surface area (Å²) in [7, 11) is 0. The van der Waals surface area contributed by atoms with Crippen LogP contribution in [0.3, 0.4) is 0 Å². The number of fused-ring (bicyclic) bond motifs is 2. The predicted octanol–water partition coefficient (Wildman–Crippen LogP) is 3.47. The highest BCUT2D eigenvalue weighted by Crippen LogP contribution is 2.34. The Bertz CT molecular complexity index is 1370. The van der Waals surface area contributed by atoms with Gasteiger partial charge in [0.1, 0.15) is 22.9 Å². The number of carbonyl (C=O) groups is 1. The zero-order valence-corrected chi connectivity index (χ0v) is 19.5. The van der Waals surface area contributed by atoms with Gasteiger partial charge in [0, 0.05) is 56.2 Å². The van der Waals surface area contributed by atoms with Crippen molar-refractivity contribution in [2.24, 2.45) is 5.92 Å². The third kappa shape index (κ3) is 3.90. The van der Waals surface area contributed by atoms with Crippen LogP contribution in [0.4, 0.5) is 5.82 Å². The molecule has 0 radical (unpaired) electrons. The smallest absolute Gasteiger partial charge is 0.231 e. The van der Waals surface area contributed by atoms with E-state index in [-0.39, 0.29) is 11.5 Å². The molecular weight excluding hydrogens is 432 g/mol. The standard InChI is InChI=1S/C25H28N6O3/c1-25(2)15-30(10-9-28-25)24-18-12-21(34-20(18)7-8-26-24)19-13-27-22-5-6-23(29-31(19)22)33-14-16-3-4-17(32)11-16/h5-8,12-13,16,28H,3-4,9-11,14-15H2,1-2H3/t16-/m1/s1. The summed E-state index contributed by atoms with van der Waals surface area (Å²) in [5, 5.41) is 9.17. The minimum atomic E-state index is 0.0163. The van der Waals surface area contributed by atoms with Gasteiger partial charge in [-0.2, -0.15) is 0 Å². The maximum atomic E-state index is 11.5. The molecule has 2 fully saturated rings. The van der Waals surface area contributed by atoms with Gasteiger partial charge in [0.25, 0.3) is 0 Å². The molecule has 4 aromatic rings. The summed E-state index contributed by atoms with van der Waals surface area (Å²) in [5.74, 6) is 2.70. The quantitative estimate of drug-likeness (QED) is 0.484. The molecule has 9 heteroatoms. The van der Waals surface area contributed by atoms with Gasteiger partial charge < -0.3 is 19.4 Å². The molecule has 1 aliphatic heterocycles. The zero-order valence-electron chi connectivity index (χ0n) is 19.5. The average Bonchev–Trinajstić information content (AvgIpc) is 3.54. The normalized spacial score (nSPS) is 20.5. The van der Waals surface area contributed by atoms with Gasteiger partial charge in [-0.05, 0) is 38.5 Å². The van der Waals surface area contributed by atoms with E-state index < -0.39 is 0 Å². The molecular formula is C25H28N6O3. The Kier molecular flexibility index (Phi) is 5.02. The first-order valence-electron chi connectivity index (χ1n) is 11.8. The molecule has 1 aliphatic carbocycles. The van der Waals surface area contributed by atoms with Gasteiger partial charge in [0.2, 0.25) is 5.88 Å². The highest BCUT2D eigenvalue weighted by molar-refractivity contribution is 5.92. The maximum Gasteiger partial charge on any atom is 0.231 e. The Morgan fingerprint density at radius 1 is 1.26 bits per heavy atom. The largest absolute Gasteiger partial charge is 0.476 e. The van der Waals surface area contributed by atoms with E-state index in [2.05, 4.69) is 34.1 Å². The van der Waals surface area contributed by atoms with E-state index in [1.54, 1.807) is 16.9 Å². The third-order valence-corrected chi connectivity index (χ3v) is 6.70. The summed E-state index contributed by atoms with van der Waals surface area (Å²) in [6.45, 7) is 7.56. The highest BCUT2D eigenvalue weighted by atomic mass is 16.5. The number of hydrogen-bond acceptors (Lipinski definition) is 8. The van der Waals surface area contributed by atoms with Crippen LogP contribution < -0.4 is 15.0 Å². The minimum Gasteiger partial charge on any atom is -0.476 e. The Morgan fingerprint density at radius 3 is 3.00 bits per heavy atom. The van der Waals surface area contributed by atoms with Crippen LogP contribution in [0.5, 0.6) is 5.88 Å². The van der Waals surface area contributed by atoms with Crippen molar-refractivity contribution in [1.82, 2.24) is 24.9 Å². The van der Waals surface area contributed by atoms with Gasteiger partial charge in [-0.25, -0.2) is 14.5 Å². The molecule has 6 rings (SSSR count). The lowest BCUT2D eigenvalue weighted by molar-refractivity contribution is -0.117. The predicted molar refractivity (Wildman–Crippen MR) is 128 cm³/mol. The number of aromatic nitrogens is 4. The first-order chi connectivity index (χ1) is 16.4. The first kappa shape index (κ1) is 21.1. The number of imidazole rings is 1. The minimum absolute atomic E-state index is 0.0163. The number of ether oxygens (including phenoxy) is 1. The monoisotopic (exact) mass is 460 g/mol. The lowest BCUT2D eigenvalue weighted by Crippen LogP contribution is -2.57. The maximum absolute atomic E-state index is 11.5. The van der Waals surface area contributed by atoms with Crippen molar-refractivity contribution >= 4 is 28.2 Å². The number of anilines is 1. The van der Waals surface area contributed by atoms with Crippen molar-refractivity contribution < 1.29 is 13.9 Å². The number of rotatable bonds is 5. The van der Waals surface area contributed by atoms with Gasteiger partial charge in [-0.3, -0.25) is 4.79 Å². The Labute approximate surface area is 197 Å². The second kappa shape index (κ2) is 8.09. The van der Waals surface area contributed by atoms with E-state index in [4.69, 9.17) is 14.1 Å². The van der Waals surface area contributed by atoms with Crippen molar-refractivity contribution in [2.45, 2.75) is 38.6 Å². The van der Waals surface area contributed by atoms with Crippen LogP contribution in [0.25, 0.3) is 28.1 Å². The molecule has 0 bridgehead atoms. The van der Waals surface area contributed by atoms with Crippen LogP contribution in [0.2, 0.25) is 0 Å². The molecule has 1 atom stereocenters. The van der Waals surface area contributed by atoms with Gasteiger partial charge in [0.05, 0.1) is 18.2 Å². The van der Waals surface area contributed by atoms with Crippen LogP contribution in [0.15, 0.2) is 41.1 Å². The summed E-state index contributed by atoms with van der Waals surface area (Å²) < 4.78 is 13.9. The Hall–Kier alpha value is -3.46. The number of furan rings is 1. The number of pyridine rings is 1. The fraction of sp³-hybridized carbons (Fsp3) is 0.440. The number of carbonyl (C=O) groups excluding carboxylic acids is 1. The molecule has 4 aromatic heterocycles. The molecule has 1 saturated heterocycles. The number of Topliss-reactive ketones (excluding diaryl/α,β-unsaturated/α-hetero) is 1. The number of hydrogen-bond donors (Lipinski definition) is 1. The molecule has 2 aliphatic rings. The summed E-state index contributed by atoms with van der Waals surface area (Å²) >= 11 is 0. The molecule has 34 heavy (non-hydrogen) atoms. The van der Waals surface area contributed by atoms with Crippen molar-refractivity contribution in [3.05, 3.63) is 36.7 Å². The fourth-order valence-corrected chi connectivity index (χ4v) is 4.99. The van der Waals surface area contributed by atoms with E-state index in [0.29, 0.717) is 42.5 Å². The van der Waals surface area contributed by atoms with Gasteiger partial charge in [-0.1, -0.05) is 0 Å². The fourth-order valence-electron chi connectivity index (χ4n) is 4.99. The van der Waals surface area contributed by atoms with Crippen molar-refractivity contribution in [3.8, 4) is 17.3 Å². The summed E-state index contributed by atoms with van der Waals surface area (Å²) in [5.41, 5.74) is 2.26. The second-order valence-electron chi connectivity index (χ2n) is 9.93. The van der Waals surface area contributed by atoms with E-state index >= 15 is 0 Å². The topological polar surface area (TPSA) is 97.8 Å². The summed E-state index contributed by atoms with van der Waals surface area (Å²) in [6.07, 6.45) is 5.70. The van der Waals surface area contributed by atoms with Crippen molar-refractivity contribution in [1.29, 1.82) is 0 Å². The van der Waals surface area contributed by atoms with Crippen molar-refractivity contribution in [3.63, 3.8) is 0 Å². The molecule has 0 spiro atoms. The molecule has 0 unspecified atom stereocenters. The average molecular weight is 461 g/mol. The number of nitrogens with one attached hydrogen (secondary N) is 1. The molecule has 1 N–H and O–H groups in total. The first-order valence-corrected chi connectivity index (χ1v) is 11.8. The molecule has 9 nitrogen and oxygen atoms in total. The van der Waals surface area contributed by atoms with Gasteiger partial charge in [-0.15, -0.1) is 5.10 Å². The van der Waals surface area contributed by atoms with Gasteiger partial charge >= 0.3 is 0 Å². The lowest BCUT2D eigenvalue weighted by atomic mass is 10.0. The van der Waals surface area contributed by atoms with E-state index in [1.165, 1.54) is 0 Å². The highest BCUT2D eigenvalue weighted by Gasteiger charge is 2.28. The SMILES string of the molecule is CC1(C)CN(c2nccc3oc(-c4cnc5ccc(OC[C@@H]6CCC(=O)C6)nn45)cc23)CCN1. The van der Waals surface area contributed by atoms with Gasteiger partial charge in [0.15, 0.2) is 11.4 Å². The molecule has 0 aromatic carbocycles. The third-order valence-electron chi connectivity index (χ3n) is 6.70. The zero-order chi connectivity index (χ0) is 23.3. The van der Waals surface area contributed by atoms with Crippen LogP contribution in [0, 0.1) is 5.92 Å². The lowest BCUT2D eigenvalue weighted by Gasteiger charge is -2.39. The Morgan fingerprint density at radius 2 is 2.18 bits per heavy atom.